The van der Waals surface area contributed by atoms with E-state index in [1.54, 1.807) is 25.5 Å². The van der Waals surface area contributed by atoms with Crippen LogP contribution in [-0.2, 0) is 4.74 Å². The normalized spacial score (nSPS) is 15.0. The first kappa shape index (κ1) is 17.0. The third kappa shape index (κ3) is 4.16. The molecule has 1 aliphatic heterocycles. The van der Waals surface area contributed by atoms with Gasteiger partial charge in [0.25, 0.3) is 0 Å². The van der Waals surface area contributed by atoms with Gasteiger partial charge in [0.15, 0.2) is 0 Å². The fourth-order valence-electron chi connectivity index (χ4n) is 2.39. The molecule has 6 nitrogen and oxygen atoms in total. The quantitative estimate of drug-likeness (QED) is 0.636. The molecule has 2 aromatic heterocycles. The van der Waals surface area contributed by atoms with E-state index in [9.17, 15) is 0 Å². The Morgan fingerprint density at radius 3 is 3.08 bits per heavy atom. The molecule has 3 rings (SSSR count). The first-order chi connectivity index (χ1) is 12.2. The number of hydrogen-bond donors (Lipinski definition) is 2. The Labute approximate surface area is 150 Å². The molecular weight excluding hydrogens is 338 g/mol. The van der Waals surface area contributed by atoms with Crippen LogP contribution in [0.1, 0.15) is 5.56 Å². The Hall–Kier alpha value is -2.86. The molecule has 0 fully saturated rings. The van der Waals surface area contributed by atoms with Crippen molar-refractivity contribution >= 4 is 34.4 Å². The lowest BCUT2D eigenvalue weighted by atomic mass is 10.1. The number of nitrogens with zero attached hydrogens (tertiary/aromatic N) is 3. The molecule has 0 saturated heterocycles. The van der Waals surface area contributed by atoms with Crippen LogP contribution >= 0.6 is 11.6 Å². The number of pyridine rings is 2. The van der Waals surface area contributed by atoms with Gasteiger partial charge in [-0.25, -0.2) is 4.98 Å². The van der Waals surface area contributed by atoms with E-state index < -0.39 is 0 Å². The summed E-state index contributed by atoms with van der Waals surface area (Å²) in [5, 5.41) is 3.50. The molecule has 0 unspecified atom stereocenters. The Bertz CT molecular complexity index is 901. The topological polar surface area (TPSA) is 85.4 Å². The average molecular weight is 356 g/mol. The molecule has 2 aromatic rings. The SMILES string of the molecule is CN=CC(=C(N)COC1=CC=CNC1)c1cnc2ccc(Cl)nc2c1. The van der Waals surface area contributed by atoms with Crippen LogP contribution in [-0.4, -0.2) is 36.4 Å². The lowest BCUT2D eigenvalue weighted by Gasteiger charge is -2.14. The summed E-state index contributed by atoms with van der Waals surface area (Å²) in [5.41, 5.74) is 9.83. The molecule has 3 heterocycles. The molecule has 1 aliphatic rings. The molecule has 25 heavy (non-hydrogen) atoms. The Morgan fingerprint density at radius 2 is 2.32 bits per heavy atom. The van der Waals surface area contributed by atoms with Gasteiger partial charge in [-0.3, -0.25) is 9.98 Å². The molecule has 0 radical (unpaired) electrons. The highest BCUT2D eigenvalue weighted by molar-refractivity contribution is 6.29. The van der Waals surface area contributed by atoms with Crippen molar-refractivity contribution in [3.05, 3.63) is 64.9 Å². The van der Waals surface area contributed by atoms with Crippen LogP contribution in [0.25, 0.3) is 16.6 Å². The van der Waals surface area contributed by atoms with Gasteiger partial charge in [-0.2, -0.15) is 0 Å². The van der Waals surface area contributed by atoms with Gasteiger partial charge >= 0.3 is 0 Å². The number of aromatic nitrogens is 2. The number of nitrogens with one attached hydrogen (secondary N) is 1. The molecule has 0 bridgehead atoms. The van der Waals surface area contributed by atoms with Gasteiger partial charge in [0.1, 0.15) is 17.5 Å². The van der Waals surface area contributed by atoms with E-state index in [-0.39, 0.29) is 6.61 Å². The standard InChI is InChI=1S/C18H18ClN5O/c1-21-10-14(15(20)11-25-13-3-2-6-22-9-13)12-7-17-16(23-8-12)4-5-18(19)24-17/h2-8,10,22H,9,11,20H2,1H3. The highest BCUT2D eigenvalue weighted by Gasteiger charge is 2.09. The van der Waals surface area contributed by atoms with Gasteiger partial charge < -0.3 is 15.8 Å². The van der Waals surface area contributed by atoms with Crippen molar-refractivity contribution in [2.75, 3.05) is 20.2 Å². The predicted molar refractivity (Wildman–Crippen MR) is 101 cm³/mol. The van der Waals surface area contributed by atoms with Crippen LogP contribution in [0.3, 0.4) is 0 Å². The molecule has 0 aliphatic carbocycles. The second kappa shape index (κ2) is 7.81. The van der Waals surface area contributed by atoms with Crippen LogP contribution < -0.4 is 11.1 Å². The summed E-state index contributed by atoms with van der Waals surface area (Å²) >= 11 is 5.97. The van der Waals surface area contributed by atoms with Crippen molar-refractivity contribution in [1.29, 1.82) is 0 Å². The number of allylic oxidation sites excluding steroid dienone is 3. The maximum atomic E-state index is 6.25. The number of rotatable bonds is 5. The van der Waals surface area contributed by atoms with E-state index in [1.807, 2.05) is 30.5 Å². The van der Waals surface area contributed by atoms with E-state index in [0.29, 0.717) is 22.9 Å². The highest BCUT2D eigenvalue weighted by Crippen LogP contribution is 2.20. The number of dihydropyridines is 1. The van der Waals surface area contributed by atoms with E-state index in [4.69, 9.17) is 22.1 Å². The number of aliphatic imine (C=N–C) groups is 1. The van der Waals surface area contributed by atoms with Crippen LogP contribution in [0.4, 0.5) is 0 Å². The molecule has 0 saturated carbocycles. The number of fused-ring (bicyclic) bond motifs is 1. The average Bonchev–Trinajstić information content (AvgIpc) is 2.64. The van der Waals surface area contributed by atoms with E-state index in [2.05, 4.69) is 20.3 Å². The number of hydrogen-bond acceptors (Lipinski definition) is 6. The van der Waals surface area contributed by atoms with Gasteiger partial charge in [0, 0.05) is 30.6 Å². The van der Waals surface area contributed by atoms with E-state index >= 15 is 0 Å². The maximum absolute atomic E-state index is 6.25. The monoisotopic (exact) mass is 355 g/mol. The molecule has 0 atom stereocenters. The number of halogens is 1. The first-order valence-electron chi connectivity index (χ1n) is 7.72. The van der Waals surface area contributed by atoms with Crippen molar-refractivity contribution < 1.29 is 4.74 Å². The van der Waals surface area contributed by atoms with Crippen molar-refractivity contribution in [2.24, 2.45) is 10.7 Å². The predicted octanol–water partition coefficient (Wildman–Crippen LogP) is 2.67. The first-order valence-corrected chi connectivity index (χ1v) is 8.10. The van der Waals surface area contributed by atoms with Gasteiger partial charge in [0.2, 0.25) is 0 Å². The molecule has 0 spiro atoms. The Balaban J connectivity index is 1.91. The fraction of sp³-hybridized carbons (Fsp3) is 0.167. The van der Waals surface area contributed by atoms with Crippen molar-refractivity contribution in [1.82, 2.24) is 15.3 Å². The number of nitrogens with two attached hydrogens (primary N) is 1. The minimum absolute atomic E-state index is 0.254. The summed E-state index contributed by atoms with van der Waals surface area (Å²) in [5.74, 6) is 0.823. The van der Waals surface area contributed by atoms with Crippen LogP contribution in [0.15, 0.2) is 59.2 Å². The Morgan fingerprint density at radius 1 is 1.44 bits per heavy atom. The van der Waals surface area contributed by atoms with Crippen LogP contribution in [0, 0.1) is 0 Å². The van der Waals surface area contributed by atoms with E-state index in [1.165, 1.54) is 0 Å². The molecule has 0 amide bonds. The van der Waals surface area contributed by atoms with Crippen molar-refractivity contribution in [3.63, 3.8) is 0 Å². The van der Waals surface area contributed by atoms with Gasteiger partial charge in [-0.05, 0) is 36.6 Å². The largest absolute Gasteiger partial charge is 0.490 e. The third-order valence-electron chi connectivity index (χ3n) is 3.60. The number of ether oxygens (including phenoxy) is 1. The molecule has 0 aromatic carbocycles. The van der Waals surface area contributed by atoms with E-state index in [0.717, 1.165) is 22.4 Å². The van der Waals surface area contributed by atoms with Crippen molar-refractivity contribution in [2.45, 2.75) is 0 Å². The third-order valence-corrected chi connectivity index (χ3v) is 3.81. The minimum atomic E-state index is 0.254. The Kier molecular flexibility index (Phi) is 5.30. The summed E-state index contributed by atoms with van der Waals surface area (Å²) in [4.78, 5) is 12.8. The fourth-order valence-corrected chi connectivity index (χ4v) is 2.54. The molecule has 3 N–H and O–H groups in total. The summed E-state index contributed by atoms with van der Waals surface area (Å²) in [7, 11) is 1.69. The zero-order valence-corrected chi connectivity index (χ0v) is 14.5. The lowest BCUT2D eigenvalue weighted by Crippen LogP contribution is -2.17. The summed E-state index contributed by atoms with van der Waals surface area (Å²) < 4.78 is 5.75. The van der Waals surface area contributed by atoms with Gasteiger partial charge in [0.05, 0.1) is 23.3 Å². The summed E-state index contributed by atoms with van der Waals surface area (Å²) in [6.07, 6.45) is 9.09. The molecule has 7 heteroatoms. The summed E-state index contributed by atoms with van der Waals surface area (Å²) in [6, 6.07) is 5.43. The maximum Gasteiger partial charge on any atom is 0.129 e. The molecular formula is C18H18ClN5O. The van der Waals surface area contributed by atoms with Gasteiger partial charge in [-0.1, -0.05) is 11.6 Å². The lowest BCUT2D eigenvalue weighted by molar-refractivity contribution is 0.231. The zero-order chi connectivity index (χ0) is 17.6. The van der Waals surface area contributed by atoms with Crippen LogP contribution in [0.5, 0.6) is 0 Å². The summed E-state index contributed by atoms with van der Waals surface area (Å²) in [6.45, 7) is 0.893. The highest BCUT2D eigenvalue weighted by atomic mass is 35.5. The molecule has 128 valence electrons. The second-order valence-corrected chi connectivity index (χ2v) is 5.77. The zero-order valence-electron chi connectivity index (χ0n) is 13.7. The second-order valence-electron chi connectivity index (χ2n) is 5.38. The van der Waals surface area contributed by atoms with Crippen molar-refractivity contribution in [3.8, 4) is 0 Å². The van der Waals surface area contributed by atoms with Crippen LogP contribution in [0.2, 0.25) is 5.15 Å². The minimum Gasteiger partial charge on any atom is -0.490 e. The smallest absolute Gasteiger partial charge is 0.129 e. The van der Waals surface area contributed by atoms with Gasteiger partial charge in [-0.15, -0.1) is 0 Å².